The van der Waals surface area contributed by atoms with Crippen LogP contribution < -0.4 is 4.90 Å². The average molecular weight is 404 g/mol. The predicted molar refractivity (Wildman–Crippen MR) is 115 cm³/mol. The van der Waals surface area contributed by atoms with Gasteiger partial charge < -0.3 is 14.8 Å². The Hall–Kier alpha value is -2.93. The molecule has 7 heteroatoms. The summed E-state index contributed by atoms with van der Waals surface area (Å²) in [5, 5.41) is 4.15. The summed E-state index contributed by atoms with van der Waals surface area (Å²) in [6.45, 7) is 1.73. The van der Waals surface area contributed by atoms with Crippen LogP contribution in [0.1, 0.15) is 23.2 Å². The van der Waals surface area contributed by atoms with E-state index in [1.807, 2.05) is 40.7 Å². The second-order valence-electron chi connectivity index (χ2n) is 8.42. The molecule has 1 aliphatic heterocycles. The standard InChI is InChI=1S/C22H21N5OS/c1-26(20-16-6-7-23-19(16)24-13-25-20)14-8-22(9-14)11-27(12-22)21(28)17-10-29-18-5-3-2-4-15(17)18/h2-7,10,13-14H,8-9,11-12H2,1H3,(H,23,24,25). The highest BCUT2D eigenvalue weighted by molar-refractivity contribution is 7.17. The van der Waals surface area contributed by atoms with Crippen molar-refractivity contribution in [3.8, 4) is 0 Å². The van der Waals surface area contributed by atoms with Gasteiger partial charge in [0.25, 0.3) is 5.91 Å². The van der Waals surface area contributed by atoms with Crippen LogP contribution in [-0.4, -0.2) is 51.9 Å². The molecule has 146 valence electrons. The van der Waals surface area contributed by atoms with Crippen LogP contribution in [0, 0.1) is 5.41 Å². The van der Waals surface area contributed by atoms with Gasteiger partial charge in [0.05, 0.1) is 10.9 Å². The van der Waals surface area contributed by atoms with Crippen molar-refractivity contribution in [2.45, 2.75) is 18.9 Å². The number of nitrogens with zero attached hydrogens (tertiary/aromatic N) is 4. The van der Waals surface area contributed by atoms with Gasteiger partial charge in [0.15, 0.2) is 0 Å². The monoisotopic (exact) mass is 403 g/mol. The lowest BCUT2D eigenvalue weighted by Crippen LogP contribution is -2.67. The smallest absolute Gasteiger partial charge is 0.255 e. The second kappa shape index (κ2) is 6.03. The van der Waals surface area contributed by atoms with Crippen LogP contribution in [0.15, 0.2) is 48.2 Å². The number of benzene rings is 1. The summed E-state index contributed by atoms with van der Waals surface area (Å²) in [5.41, 5.74) is 2.01. The molecule has 4 heterocycles. The first-order valence-corrected chi connectivity index (χ1v) is 10.8. The fourth-order valence-electron chi connectivity index (χ4n) is 5.01. The Morgan fingerprint density at radius 3 is 2.90 bits per heavy atom. The number of amides is 1. The number of H-pyrrole nitrogens is 1. The molecule has 0 radical (unpaired) electrons. The van der Waals surface area contributed by atoms with Crippen molar-refractivity contribution in [1.29, 1.82) is 0 Å². The first kappa shape index (κ1) is 17.0. The summed E-state index contributed by atoms with van der Waals surface area (Å²) >= 11 is 1.65. The van der Waals surface area contributed by atoms with Gasteiger partial charge in [-0.3, -0.25) is 4.79 Å². The number of aromatic amines is 1. The quantitative estimate of drug-likeness (QED) is 0.563. The molecular formula is C22H21N5OS. The number of aromatic nitrogens is 3. The normalized spacial score (nSPS) is 18.2. The molecule has 1 aromatic carbocycles. The third-order valence-corrected chi connectivity index (χ3v) is 7.57. The Morgan fingerprint density at radius 1 is 1.21 bits per heavy atom. The number of likely N-dealkylation sites (tertiary alicyclic amines) is 1. The Morgan fingerprint density at radius 2 is 2.03 bits per heavy atom. The lowest BCUT2D eigenvalue weighted by atomic mass is 9.60. The van der Waals surface area contributed by atoms with E-state index < -0.39 is 0 Å². The molecule has 6 rings (SSSR count). The van der Waals surface area contributed by atoms with Crippen molar-refractivity contribution in [1.82, 2.24) is 19.9 Å². The Labute approximate surface area is 172 Å². The first-order valence-electron chi connectivity index (χ1n) is 9.90. The van der Waals surface area contributed by atoms with Crippen LogP contribution in [0.4, 0.5) is 5.82 Å². The number of rotatable bonds is 3. The number of nitrogens with one attached hydrogen (secondary N) is 1. The van der Waals surface area contributed by atoms with E-state index >= 15 is 0 Å². The van der Waals surface area contributed by atoms with Crippen molar-refractivity contribution in [2.24, 2.45) is 5.41 Å². The lowest BCUT2D eigenvalue weighted by Gasteiger charge is -2.60. The minimum atomic E-state index is 0.176. The third kappa shape index (κ3) is 2.50. The number of anilines is 1. The van der Waals surface area contributed by atoms with Gasteiger partial charge >= 0.3 is 0 Å². The molecule has 1 saturated carbocycles. The first-order chi connectivity index (χ1) is 14.1. The number of hydrogen-bond donors (Lipinski definition) is 1. The van der Waals surface area contributed by atoms with E-state index in [1.54, 1.807) is 17.7 Å². The van der Waals surface area contributed by atoms with Gasteiger partial charge in [-0.05, 0) is 25.0 Å². The Balaban J connectivity index is 1.13. The number of thiophene rings is 1. The maximum absolute atomic E-state index is 13.0. The molecule has 1 aliphatic carbocycles. The third-order valence-electron chi connectivity index (χ3n) is 6.60. The van der Waals surface area contributed by atoms with Crippen LogP contribution in [0.25, 0.3) is 21.1 Å². The van der Waals surface area contributed by atoms with Gasteiger partial charge in [-0.15, -0.1) is 11.3 Å². The fraction of sp³-hybridized carbons (Fsp3) is 0.318. The molecule has 1 amide bonds. The molecule has 4 aromatic rings. The van der Waals surface area contributed by atoms with Gasteiger partial charge in [-0.25, -0.2) is 9.97 Å². The summed E-state index contributed by atoms with van der Waals surface area (Å²) in [5.74, 6) is 1.16. The van der Waals surface area contributed by atoms with E-state index in [9.17, 15) is 4.79 Å². The maximum Gasteiger partial charge on any atom is 0.255 e. The van der Waals surface area contributed by atoms with Crippen molar-refractivity contribution in [3.63, 3.8) is 0 Å². The molecule has 2 fully saturated rings. The summed E-state index contributed by atoms with van der Waals surface area (Å²) < 4.78 is 1.18. The van der Waals surface area contributed by atoms with Crippen molar-refractivity contribution in [2.75, 3.05) is 25.0 Å². The van der Waals surface area contributed by atoms with E-state index in [4.69, 9.17) is 0 Å². The van der Waals surface area contributed by atoms with E-state index in [-0.39, 0.29) is 11.3 Å². The molecule has 6 nitrogen and oxygen atoms in total. The Kier molecular flexibility index (Phi) is 3.53. The van der Waals surface area contributed by atoms with Crippen LogP contribution in [-0.2, 0) is 0 Å². The van der Waals surface area contributed by atoms with Crippen molar-refractivity contribution < 1.29 is 4.79 Å². The van der Waals surface area contributed by atoms with Gasteiger partial charge in [-0.1, -0.05) is 18.2 Å². The zero-order valence-corrected chi connectivity index (χ0v) is 16.9. The van der Waals surface area contributed by atoms with Gasteiger partial charge in [0, 0.05) is 53.3 Å². The number of carbonyl (C=O) groups excluding carboxylic acids is 1. The van der Waals surface area contributed by atoms with Crippen molar-refractivity contribution in [3.05, 3.63) is 53.8 Å². The highest BCUT2D eigenvalue weighted by atomic mass is 32.1. The highest BCUT2D eigenvalue weighted by Gasteiger charge is 2.55. The zero-order valence-electron chi connectivity index (χ0n) is 16.1. The lowest BCUT2D eigenvalue weighted by molar-refractivity contribution is -0.0540. The van der Waals surface area contributed by atoms with Crippen LogP contribution >= 0.6 is 11.3 Å². The highest BCUT2D eigenvalue weighted by Crippen LogP contribution is 2.51. The molecule has 3 aromatic heterocycles. The number of hydrogen-bond acceptors (Lipinski definition) is 5. The maximum atomic E-state index is 13.0. The molecule has 0 bridgehead atoms. The fourth-order valence-corrected chi connectivity index (χ4v) is 5.94. The molecule has 29 heavy (non-hydrogen) atoms. The van der Waals surface area contributed by atoms with Crippen LogP contribution in [0.5, 0.6) is 0 Å². The minimum Gasteiger partial charge on any atom is -0.356 e. The van der Waals surface area contributed by atoms with Crippen LogP contribution in [0.3, 0.4) is 0 Å². The Bertz CT molecular complexity index is 1230. The molecule has 0 unspecified atom stereocenters. The van der Waals surface area contributed by atoms with Crippen LogP contribution in [0.2, 0.25) is 0 Å². The largest absolute Gasteiger partial charge is 0.356 e. The summed E-state index contributed by atoms with van der Waals surface area (Å²) in [6.07, 6.45) is 5.73. The van der Waals surface area contributed by atoms with E-state index in [0.717, 1.165) is 53.7 Å². The van der Waals surface area contributed by atoms with Gasteiger partial charge in [0.2, 0.25) is 0 Å². The van der Waals surface area contributed by atoms with E-state index in [1.165, 1.54) is 4.70 Å². The van der Waals surface area contributed by atoms with Crippen molar-refractivity contribution >= 4 is 44.2 Å². The number of fused-ring (bicyclic) bond motifs is 2. The molecule has 0 atom stereocenters. The zero-order chi connectivity index (χ0) is 19.6. The predicted octanol–water partition coefficient (Wildman–Crippen LogP) is 3.91. The summed E-state index contributed by atoms with van der Waals surface area (Å²) in [6, 6.07) is 10.6. The summed E-state index contributed by atoms with van der Waals surface area (Å²) in [4.78, 5) is 29.2. The minimum absolute atomic E-state index is 0.176. The van der Waals surface area contributed by atoms with E-state index in [0.29, 0.717) is 6.04 Å². The SMILES string of the molecule is CN(c1ncnc2[nH]ccc12)C1CC2(C1)CN(C(=O)c1csc3ccccc13)C2. The molecule has 1 saturated heterocycles. The molecule has 2 aliphatic rings. The topological polar surface area (TPSA) is 65.1 Å². The van der Waals surface area contributed by atoms with Gasteiger partial charge in [0.1, 0.15) is 17.8 Å². The molecular weight excluding hydrogens is 382 g/mol. The summed E-state index contributed by atoms with van der Waals surface area (Å²) in [7, 11) is 2.12. The van der Waals surface area contributed by atoms with Gasteiger partial charge in [-0.2, -0.15) is 0 Å². The number of carbonyl (C=O) groups is 1. The molecule has 1 N–H and O–H groups in total. The second-order valence-corrected chi connectivity index (χ2v) is 9.33. The van der Waals surface area contributed by atoms with E-state index in [2.05, 4.69) is 33.0 Å². The molecule has 1 spiro atoms. The average Bonchev–Trinajstić information content (AvgIpc) is 3.32.